The minimum atomic E-state index is 0. The molecular formula is C18H25ClN4O. The molecule has 24 heavy (non-hydrogen) atoms. The van der Waals surface area contributed by atoms with Crippen LogP contribution in [0.5, 0.6) is 0 Å². The summed E-state index contributed by atoms with van der Waals surface area (Å²) in [7, 11) is 0. The number of hydrogen-bond donors (Lipinski definition) is 2. The van der Waals surface area contributed by atoms with Gasteiger partial charge < -0.3 is 11.1 Å². The first kappa shape index (κ1) is 18.5. The van der Waals surface area contributed by atoms with E-state index in [9.17, 15) is 4.79 Å². The molecule has 1 aliphatic rings. The fraction of sp³-hybridized carbons (Fsp3) is 0.444. The molecule has 0 aliphatic heterocycles. The SMILES string of the molecule is Cl.NC1CCC(NC(=O)CCc2cnn(-c3ccccc3)c2)CC1. The van der Waals surface area contributed by atoms with Crippen LogP contribution >= 0.6 is 12.4 Å². The van der Waals surface area contributed by atoms with Crippen molar-refractivity contribution >= 4 is 18.3 Å². The summed E-state index contributed by atoms with van der Waals surface area (Å²) in [5.74, 6) is 0.123. The molecule has 2 aromatic rings. The Balaban J connectivity index is 0.00000208. The predicted molar refractivity (Wildman–Crippen MR) is 97.5 cm³/mol. The zero-order valence-electron chi connectivity index (χ0n) is 13.7. The number of halogens is 1. The molecule has 1 aromatic heterocycles. The first-order chi connectivity index (χ1) is 11.2. The largest absolute Gasteiger partial charge is 0.353 e. The van der Waals surface area contributed by atoms with Crippen LogP contribution < -0.4 is 11.1 Å². The zero-order valence-corrected chi connectivity index (χ0v) is 14.5. The van der Waals surface area contributed by atoms with Gasteiger partial charge in [0.05, 0.1) is 11.9 Å². The van der Waals surface area contributed by atoms with E-state index < -0.39 is 0 Å². The Kier molecular flexibility index (Phi) is 6.82. The summed E-state index contributed by atoms with van der Waals surface area (Å²) in [6.45, 7) is 0. The van der Waals surface area contributed by atoms with Crippen molar-refractivity contribution in [3.8, 4) is 5.69 Å². The maximum Gasteiger partial charge on any atom is 0.220 e. The number of aryl methyl sites for hydroxylation is 1. The number of benzene rings is 1. The van der Waals surface area contributed by atoms with Gasteiger partial charge in [-0.15, -0.1) is 12.4 Å². The quantitative estimate of drug-likeness (QED) is 0.872. The maximum atomic E-state index is 12.1. The standard InChI is InChI=1S/C18H24N4O.ClH/c19-15-7-9-16(10-8-15)21-18(23)11-6-14-12-20-22(13-14)17-4-2-1-3-5-17;/h1-5,12-13,15-16H,6-11,19H2,(H,21,23);1H. The van der Waals surface area contributed by atoms with Gasteiger partial charge >= 0.3 is 0 Å². The molecule has 0 unspecified atom stereocenters. The average molecular weight is 349 g/mol. The van der Waals surface area contributed by atoms with Gasteiger partial charge in [0.15, 0.2) is 0 Å². The molecule has 3 rings (SSSR count). The van der Waals surface area contributed by atoms with Crippen LogP contribution in [0, 0.1) is 0 Å². The summed E-state index contributed by atoms with van der Waals surface area (Å²) in [6, 6.07) is 10.6. The van der Waals surface area contributed by atoms with Gasteiger partial charge in [0, 0.05) is 24.7 Å². The van der Waals surface area contributed by atoms with E-state index in [0.717, 1.165) is 36.9 Å². The molecule has 130 valence electrons. The van der Waals surface area contributed by atoms with E-state index >= 15 is 0 Å². The summed E-state index contributed by atoms with van der Waals surface area (Å²) in [5, 5.41) is 7.49. The van der Waals surface area contributed by atoms with E-state index in [0.29, 0.717) is 24.9 Å². The molecule has 1 heterocycles. The van der Waals surface area contributed by atoms with E-state index in [4.69, 9.17) is 5.73 Å². The number of hydrogen-bond acceptors (Lipinski definition) is 3. The molecular weight excluding hydrogens is 324 g/mol. The Bertz CT molecular complexity index is 635. The third kappa shape index (κ3) is 5.08. The third-order valence-electron chi connectivity index (χ3n) is 4.43. The minimum absolute atomic E-state index is 0. The van der Waals surface area contributed by atoms with Gasteiger partial charge in [-0.05, 0) is 49.8 Å². The average Bonchev–Trinajstić information content (AvgIpc) is 3.05. The van der Waals surface area contributed by atoms with Crippen molar-refractivity contribution in [2.75, 3.05) is 0 Å². The highest BCUT2D eigenvalue weighted by molar-refractivity contribution is 5.85. The van der Waals surface area contributed by atoms with E-state index in [1.165, 1.54) is 0 Å². The van der Waals surface area contributed by atoms with Crippen LogP contribution in [0.2, 0.25) is 0 Å². The van der Waals surface area contributed by atoms with Crippen molar-refractivity contribution < 1.29 is 4.79 Å². The van der Waals surface area contributed by atoms with Crippen molar-refractivity contribution in [2.24, 2.45) is 5.73 Å². The minimum Gasteiger partial charge on any atom is -0.353 e. The molecule has 0 bridgehead atoms. The second-order valence-corrected chi connectivity index (χ2v) is 6.31. The summed E-state index contributed by atoms with van der Waals surface area (Å²) in [6.07, 6.45) is 9.05. The lowest BCUT2D eigenvalue weighted by Crippen LogP contribution is -2.40. The molecule has 0 saturated heterocycles. The van der Waals surface area contributed by atoms with Gasteiger partial charge in [-0.2, -0.15) is 5.10 Å². The predicted octanol–water partition coefficient (Wildman–Crippen LogP) is 2.61. The van der Waals surface area contributed by atoms with Gasteiger partial charge in [-0.25, -0.2) is 4.68 Å². The Morgan fingerprint density at radius 2 is 1.92 bits per heavy atom. The molecule has 6 heteroatoms. The molecule has 1 saturated carbocycles. The zero-order chi connectivity index (χ0) is 16.1. The first-order valence-electron chi connectivity index (χ1n) is 8.34. The van der Waals surface area contributed by atoms with Crippen LogP contribution in [-0.4, -0.2) is 27.8 Å². The van der Waals surface area contributed by atoms with E-state index in [1.807, 2.05) is 47.4 Å². The highest BCUT2D eigenvalue weighted by Gasteiger charge is 2.19. The number of carbonyl (C=O) groups excluding carboxylic acids is 1. The summed E-state index contributed by atoms with van der Waals surface area (Å²) in [5.41, 5.74) is 8.00. The lowest BCUT2D eigenvalue weighted by molar-refractivity contribution is -0.122. The van der Waals surface area contributed by atoms with Gasteiger partial charge in [0.1, 0.15) is 0 Å². The van der Waals surface area contributed by atoms with Crippen molar-refractivity contribution in [1.29, 1.82) is 0 Å². The second-order valence-electron chi connectivity index (χ2n) is 6.31. The number of nitrogens with zero attached hydrogens (tertiary/aromatic N) is 2. The molecule has 1 aromatic carbocycles. The van der Waals surface area contributed by atoms with E-state index in [2.05, 4.69) is 10.4 Å². The number of nitrogens with two attached hydrogens (primary N) is 1. The number of carbonyl (C=O) groups is 1. The summed E-state index contributed by atoms with van der Waals surface area (Å²) >= 11 is 0. The second kappa shape index (κ2) is 8.85. The Morgan fingerprint density at radius 3 is 2.62 bits per heavy atom. The summed E-state index contributed by atoms with van der Waals surface area (Å²) < 4.78 is 1.84. The van der Waals surface area contributed by atoms with Crippen LogP contribution in [-0.2, 0) is 11.2 Å². The Hall–Kier alpha value is -1.85. The summed E-state index contributed by atoms with van der Waals surface area (Å²) in [4.78, 5) is 12.1. The van der Waals surface area contributed by atoms with E-state index in [1.54, 1.807) is 0 Å². The molecule has 1 amide bonds. The van der Waals surface area contributed by atoms with Crippen LogP contribution in [0.1, 0.15) is 37.7 Å². The molecule has 0 atom stereocenters. The van der Waals surface area contributed by atoms with Crippen LogP contribution in [0.3, 0.4) is 0 Å². The van der Waals surface area contributed by atoms with Crippen LogP contribution in [0.15, 0.2) is 42.7 Å². The normalized spacial score (nSPS) is 20.2. The number of aromatic nitrogens is 2. The third-order valence-corrected chi connectivity index (χ3v) is 4.43. The molecule has 0 spiro atoms. The highest BCUT2D eigenvalue weighted by atomic mass is 35.5. The van der Waals surface area contributed by atoms with Gasteiger partial charge in [-0.3, -0.25) is 4.79 Å². The van der Waals surface area contributed by atoms with E-state index in [-0.39, 0.29) is 18.3 Å². The number of amides is 1. The lowest BCUT2D eigenvalue weighted by atomic mass is 9.92. The fourth-order valence-corrected chi connectivity index (χ4v) is 3.03. The Labute approximate surface area is 149 Å². The van der Waals surface area contributed by atoms with Crippen molar-refractivity contribution in [3.05, 3.63) is 48.3 Å². The topological polar surface area (TPSA) is 72.9 Å². The van der Waals surface area contributed by atoms with Gasteiger partial charge in [-0.1, -0.05) is 18.2 Å². The lowest BCUT2D eigenvalue weighted by Gasteiger charge is -2.26. The Morgan fingerprint density at radius 1 is 1.21 bits per heavy atom. The smallest absolute Gasteiger partial charge is 0.220 e. The first-order valence-corrected chi connectivity index (χ1v) is 8.34. The molecule has 1 fully saturated rings. The molecule has 0 radical (unpaired) electrons. The number of rotatable bonds is 5. The van der Waals surface area contributed by atoms with Crippen LogP contribution in [0.4, 0.5) is 0 Å². The molecule has 3 N–H and O–H groups in total. The number of para-hydroxylation sites is 1. The molecule has 5 nitrogen and oxygen atoms in total. The van der Waals surface area contributed by atoms with Crippen molar-refractivity contribution in [3.63, 3.8) is 0 Å². The maximum absolute atomic E-state index is 12.1. The van der Waals surface area contributed by atoms with Crippen LogP contribution in [0.25, 0.3) is 5.69 Å². The number of nitrogens with one attached hydrogen (secondary N) is 1. The van der Waals surface area contributed by atoms with Gasteiger partial charge in [0.25, 0.3) is 0 Å². The van der Waals surface area contributed by atoms with Crippen molar-refractivity contribution in [2.45, 2.75) is 50.6 Å². The highest BCUT2D eigenvalue weighted by Crippen LogP contribution is 2.17. The molecule has 1 aliphatic carbocycles. The van der Waals surface area contributed by atoms with Crippen molar-refractivity contribution in [1.82, 2.24) is 15.1 Å². The fourth-order valence-electron chi connectivity index (χ4n) is 3.03. The monoisotopic (exact) mass is 348 g/mol. The van der Waals surface area contributed by atoms with Gasteiger partial charge in [0.2, 0.25) is 5.91 Å².